The fourth-order valence-electron chi connectivity index (χ4n) is 2.75. The molecule has 0 saturated heterocycles. The second kappa shape index (κ2) is 8.66. The molecule has 0 atom stereocenters. The van der Waals surface area contributed by atoms with E-state index in [1.54, 1.807) is 49.8 Å². The second-order valence-electron chi connectivity index (χ2n) is 6.04. The van der Waals surface area contributed by atoms with Crippen LogP contribution in [0.5, 0.6) is 11.8 Å². The van der Waals surface area contributed by atoms with Gasteiger partial charge in [0.25, 0.3) is 5.91 Å². The largest absolute Gasteiger partial charge is 0.481 e. The molecular weight excluding hydrogens is 402 g/mol. The molecule has 0 aromatic carbocycles. The second-order valence-corrected chi connectivity index (χ2v) is 6.90. The van der Waals surface area contributed by atoms with Crippen molar-refractivity contribution in [3.63, 3.8) is 0 Å². The minimum atomic E-state index is -0.323. The molecule has 30 heavy (non-hydrogen) atoms. The van der Waals surface area contributed by atoms with Crippen LogP contribution in [0.25, 0.3) is 22.6 Å². The van der Waals surface area contributed by atoms with E-state index in [1.807, 2.05) is 17.5 Å². The molecule has 1 amide bonds. The fourth-order valence-corrected chi connectivity index (χ4v) is 3.45. The van der Waals surface area contributed by atoms with E-state index in [-0.39, 0.29) is 5.91 Å². The van der Waals surface area contributed by atoms with Crippen molar-refractivity contribution in [2.24, 2.45) is 0 Å². The van der Waals surface area contributed by atoms with Gasteiger partial charge < -0.3 is 9.47 Å². The summed E-state index contributed by atoms with van der Waals surface area (Å²) in [6.07, 6.45) is 3.29. The van der Waals surface area contributed by atoms with Crippen molar-refractivity contribution in [2.45, 2.75) is 0 Å². The van der Waals surface area contributed by atoms with Crippen LogP contribution in [0.15, 0.2) is 60.2 Å². The Labute approximate surface area is 176 Å². The van der Waals surface area contributed by atoms with Crippen LogP contribution in [-0.2, 0) is 0 Å². The minimum absolute atomic E-state index is 0.323. The molecule has 0 spiro atoms. The number of carbonyl (C=O) groups is 1. The van der Waals surface area contributed by atoms with Gasteiger partial charge in [-0.1, -0.05) is 6.07 Å². The molecule has 0 aliphatic rings. The van der Waals surface area contributed by atoms with Gasteiger partial charge in [-0.05, 0) is 24.3 Å². The maximum absolute atomic E-state index is 13.0. The molecule has 4 rings (SSSR count). The number of amides is 1. The minimum Gasteiger partial charge on any atom is -0.481 e. The van der Waals surface area contributed by atoms with Gasteiger partial charge in [0.1, 0.15) is 5.69 Å². The third kappa shape index (κ3) is 4.11. The van der Waals surface area contributed by atoms with Gasteiger partial charge in [0.05, 0.1) is 31.2 Å². The first-order valence-corrected chi connectivity index (χ1v) is 9.79. The highest BCUT2D eigenvalue weighted by atomic mass is 32.1. The van der Waals surface area contributed by atoms with Crippen LogP contribution in [0.1, 0.15) is 10.4 Å². The number of nitrogens with zero attached hydrogens (tertiary/aromatic N) is 4. The molecule has 4 aromatic rings. The molecule has 9 heteroatoms. The summed E-state index contributed by atoms with van der Waals surface area (Å²) in [6.45, 7) is 0. The lowest BCUT2D eigenvalue weighted by atomic mass is 10.1. The van der Waals surface area contributed by atoms with Crippen LogP contribution < -0.4 is 14.8 Å². The number of thiazole rings is 1. The average Bonchev–Trinajstić information content (AvgIpc) is 3.27. The lowest BCUT2D eigenvalue weighted by molar-refractivity contribution is 0.102. The Morgan fingerprint density at radius 2 is 1.67 bits per heavy atom. The van der Waals surface area contributed by atoms with E-state index in [9.17, 15) is 4.79 Å². The number of aromatic nitrogens is 4. The quantitative estimate of drug-likeness (QED) is 0.505. The molecule has 8 nitrogen and oxygen atoms in total. The lowest BCUT2D eigenvalue weighted by Crippen LogP contribution is -2.14. The van der Waals surface area contributed by atoms with Crippen LogP contribution in [-0.4, -0.2) is 40.1 Å². The zero-order valence-electron chi connectivity index (χ0n) is 16.2. The molecule has 4 heterocycles. The van der Waals surface area contributed by atoms with Gasteiger partial charge in [0.15, 0.2) is 5.13 Å². The Bertz CT molecular complexity index is 1180. The van der Waals surface area contributed by atoms with E-state index in [4.69, 9.17) is 9.47 Å². The Hall–Kier alpha value is -3.85. The Kier molecular flexibility index (Phi) is 5.62. The molecule has 0 aliphatic carbocycles. The standard InChI is InChI=1S/C21H17N5O3S/c1-28-17-5-3-4-15(23-17)16-12-30-21(24-16)26-20(27)14-6-7-18(29-2)25-19(14)13-8-10-22-11-9-13/h3-12H,1-2H3,(H,24,26,27). The van der Waals surface area contributed by atoms with E-state index in [2.05, 4.69) is 25.3 Å². The van der Waals surface area contributed by atoms with Crippen molar-refractivity contribution in [1.29, 1.82) is 0 Å². The van der Waals surface area contributed by atoms with Crippen molar-refractivity contribution in [1.82, 2.24) is 19.9 Å². The van der Waals surface area contributed by atoms with Crippen LogP contribution >= 0.6 is 11.3 Å². The summed E-state index contributed by atoms with van der Waals surface area (Å²) >= 11 is 1.31. The summed E-state index contributed by atoms with van der Waals surface area (Å²) in [6, 6.07) is 12.3. The average molecular weight is 419 g/mol. The molecule has 0 saturated carbocycles. The molecule has 0 aliphatic heterocycles. The van der Waals surface area contributed by atoms with Gasteiger partial charge in [-0.3, -0.25) is 15.1 Å². The van der Waals surface area contributed by atoms with Crippen molar-refractivity contribution < 1.29 is 14.3 Å². The Balaban J connectivity index is 1.61. The van der Waals surface area contributed by atoms with Gasteiger partial charge in [0, 0.05) is 35.5 Å². The first-order chi connectivity index (χ1) is 14.7. The van der Waals surface area contributed by atoms with E-state index < -0.39 is 0 Å². The zero-order valence-corrected chi connectivity index (χ0v) is 17.0. The summed E-state index contributed by atoms with van der Waals surface area (Å²) in [4.78, 5) is 30.3. The third-order valence-electron chi connectivity index (χ3n) is 4.20. The zero-order chi connectivity index (χ0) is 20.9. The molecule has 0 radical (unpaired) electrons. The van der Waals surface area contributed by atoms with Gasteiger partial charge in [-0.25, -0.2) is 15.0 Å². The first-order valence-electron chi connectivity index (χ1n) is 8.91. The Morgan fingerprint density at radius 1 is 0.900 bits per heavy atom. The number of carbonyl (C=O) groups excluding carboxylic acids is 1. The molecular formula is C21H17N5O3S. The molecule has 0 bridgehead atoms. The van der Waals surface area contributed by atoms with Crippen LogP contribution in [0.4, 0.5) is 5.13 Å². The van der Waals surface area contributed by atoms with Gasteiger partial charge in [-0.2, -0.15) is 0 Å². The van der Waals surface area contributed by atoms with Crippen molar-refractivity contribution in [3.05, 3.63) is 65.8 Å². The normalized spacial score (nSPS) is 10.5. The van der Waals surface area contributed by atoms with Gasteiger partial charge >= 0.3 is 0 Å². The molecule has 0 unspecified atom stereocenters. The summed E-state index contributed by atoms with van der Waals surface area (Å²) < 4.78 is 10.4. The maximum Gasteiger partial charge on any atom is 0.259 e. The highest BCUT2D eigenvalue weighted by Crippen LogP contribution is 2.28. The highest BCUT2D eigenvalue weighted by molar-refractivity contribution is 7.14. The highest BCUT2D eigenvalue weighted by Gasteiger charge is 2.17. The summed E-state index contributed by atoms with van der Waals surface area (Å²) in [5.41, 5.74) is 2.97. The van der Waals surface area contributed by atoms with E-state index >= 15 is 0 Å². The molecule has 0 fully saturated rings. The topological polar surface area (TPSA) is 99.1 Å². The molecule has 1 N–H and O–H groups in total. The number of nitrogens with one attached hydrogen (secondary N) is 1. The van der Waals surface area contributed by atoms with E-state index in [0.717, 1.165) is 5.56 Å². The Morgan fingerprint density at radius 3 is 2.43 bits per heavy atom. The predicted molar refractivity (Wildman–Crippen MR) is 114 cm³/mol. The summed E-state index contributed by atoms with van der Waals surface area (Å²) in [5, 5.41) is 5.12. The molecule has 150 valence electrons. The van der Waals surface area contributed by atoms with Gasteiger partial charge in [0.2, 0.25) is 11.8 Å². The van der Waals surface area contributed by atoms with Gasteiger partial charge in [-0.15, -0.1) is 11.3 Å². The van der Waals surface area contributed by atoms with Crippen molar-refractivity contribution in [2.75, 3.05) is 19.5 Å². The van der Waals surface area contributed by atoms with E-state index in [0.29, 0.717) is 39.5 Å². The van der Waals surface area contributed by atoms with Crippen molar-refractivity contribution >= 4 is 22.4 Å². The number of hydrogen-bond donors (Lipinski definition) is 1. The lowest BCUT2D eigenvalue weighted by Gasteiger charge is -2.10. The van der Waals surface area contributed by atoms with Crippen LogP contribution in [0.2, 0.25) is 0 Å². The number of pyridine rings is 3. The fraction of sp³-hybridized carbons (Fsp3) is 0.0952. The first kappa shape index (κ1) is 19.5. The summed E-state index contributed by atoms with van der Waals surface area (Å²) in [7, 11) is 3.09. The van der Waals surface area contributed by atoms with Crippen molar-refractivity contribution in [3.8, 4) is 34.4 Å². The molecule has 4 aromatic heterocycles. The number of rotatable bonds is 6. The van der Waals surface area contributed by atoms with Crippen LogP contribution in [0.3, 0.4) is 0 Å². The SMILES string of the molecule is COc1cccc(-c2csc(NC(=O)c3ccc(OC)nc3-c3ccncc3)n2)n1. The monoisotopic (exact) mass is 419 g/mol. The summed E-state index contributed by atoms with van der Waals surface area (Å²) in [5.74, 6) is 0.591. The third-order valence-corrected chi connectivity index (χ3v) is 4.95. The number of methoxy groups -OCH3 is 2. The number of hydrogen-bond acceptors (Lipinski definition) is 8. The van der Waals surface area contributed by atoms with Crippen LogP contribution in [0, 0.1) is 0 Å². The number of ether oxygens (including phenoxy) is 2. The maximum atomic E-state index is 13.0. The van der Waals surface area contributed by atoms with E-state index in [1.165, 1.54) is 18.4 Å². The number of anilines is 1. The smallest absolute Gasteiger partial charge is 0.259 e. The predicted octanol–water partition coefficient (Wildman–Crippen LogP) is 3.93.